The van der Waals surface area contributed by atoms with Crippen LogP contribution < -0.4 is 10.9 Å². The Labute approximate surface area is 70.6 Å². The van der Waals surface area contributed by atoms with Crippen LogP contribution in [0.5, 0.6) is 0 Å². The van der Waals surface area contributed by atoms with Gasteiger partial charge in [-0.15, -0.1) is 0 Å². The second-order valence-corrected chi connectivity index (χ2v) is 2.85. The molecule has 2 atom stereocenters. The Morgan fingerprint density at radius 2 is 2.33 bits per heavy atom. The van der Waals surface area contributed by atoms with Crippen LogP contribution >= 0.6 is 0 Å². The molecule has 1 aromatic heterocycles. The normalized spacial score (nSPS) is 29.1. The van der Waals surface area contributed by atoms with Gasteiger partial charge in [0.25, 0.3) is 0 Å². The van der Waals surface area contributed by atoms with E-state index < -0.39 is 6.23 Å². The largest absolute Gasteiger partial charge is 0.377 e. The Morgan fingerprint density at radius 1 is 1.42 bits per heavy atom. The third-order valence-electron chi connectivity index (χ3n) is 1.93. The molecule has 0 amide bonds. The van der Waals surface area contributed by atoms with Gasteiger partial charge in [0.2, 0.25) is 0 Å². The molecule has 0 aliphatic carbocycles. The minimum absolute atomic E-state index is 0.126. The number of aromatic nitrogens is 1. The molecule has 64 valence electrons. The van der Waals surface area contributed by atoms with Crippen LogP contribution in [0.1, 0.15) is 18.2 Å². The molecular formula is C8H11N3O. The van der Waals surface area contributed by atoms with Gasteiger partial charge in [-0.2, -0.15) is 0 Å². The van der Waals surface area contributed by atoms with E-state index in [1.807, 2.05) is 18.2 Å². The minimum atomic E-state index is -0.461. The minimum Gasteiger partial charge on any atom is -0.377 e. The molecule has 0 saturated carbocycles. The predicted octanol–water partition coefficient (Wildman–Crippen LogP) is -0.0610. The Balaban J connectivity index is 2.11. The van der Waals surface area contributed by atoms with Crippen molar-refractivity contribution >= 4 is 0 Å². The van der Waals surface area contributed by atoms with Crippen LogP contribution in [0.3, 0.4) is 0 Å². The fourth-order valence-electron chi connectivity index (χ4n) is 1.31. The van der Waals surface area contributed by atoms with Gasteiger partial charge in [-0.25, -0.2) is 10.9 Å². The van der Waals surface area contributed by atoms with Crippen LogP contribution in [0.15, 0.2) is 24.4 Å². The SMILES string of the molecule is OC1CC(c2ccccn2)NN1. The first-order valence-electron chi connectivity index (χ1n) is 3.96. The molecule has 1 aliphatic rings. The lowest BCUT2D eigenvalue weighted by molar-refractivity contribution is 0.153. The van der Waals surface area contributed by atoms with Crippen LogP contribution in [0, 0.1) is 0 Å². The maximum atomic E-state index is 9.16. The summed E-state index contributed by atoms with van der Waals surface area (Å²) in [7, 11) is 0. The van der Waals surface area contributed by atoms with Gasteiger partial charge < -0.3 is 5.11 Å². The number of rotatable bonds is 1. The molecule has 4 heteroatoms. The van der Waals surface area contributed by atoms with Crippen molar-refractivity contribution in [2.24, 2.45) is 0 Å². The molecule has 1 fully saturated rings. The number of aliphatic hydroxyl groups excluding tert-OH is 1. The van der Waals surface area contributed by atoms with Gasteiger partial charge in [0.15, 0.2) is 0 Å². The summed E-state index contributed by atoms with van der Waals surface area (Å²) in [6, 6.07) is 5.88. The zero-order valence-corrected chi connectivity index (χ0v) is 6.57. The highest BCUT2D eigenvalue weighted by molar-refractivity contribution is 5.09. The highest BCUT2D eigenvalue weighted by Gasteiger charge is 2.23. The summed E-state index contributed by atoms with van der Waals surface area (Å²) in [5.74, 6) is 0. The first-order chi connectivity index (χ1) is 5.86. The van der Waals surface area contributed by atoms with E-state index in [4.69, 9.17) is 5.11 Å². The lowest BCUT2D eigenvalue weighted by Gasteiger charge is -2.06. The first-order valence-corrected chi connectivity index (χ1v) is 3.96. The molecule has 1 aliphatic heterocycles. The highest BCUT2D eigenvalue weighted by atomic mass is 16.3. The zero-order chi connectivity index (χ0) is 8.39. The third-order valence-corrected chi connectivity index (χ3v) is 1.93. The van der Waals surface area contributed by atoms with Gasteiger partial charge in [0, 0.05) is 12.6 Å². The molecule has 2 heterocycles. The number of nitrogens with one attached hydrogen (secondary N) is 2. The van der Waals surface area contributed by atoms with E-state index in [2.05, 4.69) is 15.8 Å². The molecule has 2 unspecified atom stereocenters. The Kier molecular flexibility index (Phi) is 2.03. The lowest BCUT2D eigenvalue weighted by atomic mass is 10.1. The number of hydrogen-bond donors (Lipinski definition) is 3. The Hall–Kier alpha value is -0.970. The van der Waals surface area contributed by atoms with E-state index in [9.17, 15) is 0 Å². The maximum Gasteiger partial charge on any atom is 0.119 e. The maximum absolute atomic E-state index is 9.16. The number of pyridine rings is 1. The summed E-state index contributed by atoms with van der Waals surface area (Å²) in [5, 5.41) is 9.16. The van der Waals surface area contributed by atoms with E-state index >= 15 is 0 Å². The predicted molar refractivity (Wildman–Crippen MR) is 43.9 cm³/mol. The number of nitrogens with zero attached hydrogens (tertiary/aromatic N) is 1. The number of aliphatic hydroxyl groups is 1. The molecule has 1 aromatic rings. The fourth-order valence-corrected chi connectivity index (χ4v) is 1.31. The summed E-state index contributed by atoms with van der Waals surface area (Å²) < 4.78 is 0. The quantitative estimate of drug-likeness (QED) is 0.545. The van der Waals surface area contributed by atoms with Crippen molar-refractivity contribution in [3.05, 3.63) is 30.1 Å². The molecule has 0 aromatic carbocycles. The van der Waals surface area contributed by atoms with E-state index in [0.29, 0.717) is 6.42 Å². The van der Waals surface area contributed by atoms with E-state index in [1.165, 1.54) is 0 Å². The van der Waals surface area contributed by atoms with Gasteiger partial charge in [0.1, 0.15) is 6.23 Å². The molecule has 0 radical (unpaired) electrons. The third kappa shape index (κ3) is 1.45. The van der Waals surface area contributed by atoms with Crippen molar-refractivity contribution < 1.29 is 5.11 Å². The van der Waals surface area contributed by atoms with Crippen molar-refractivity contribution in [2.45, 2.75) is 18.7 Å². The van der Waals surface area contributed by atoms with Crippen molar-refractivity contribution in [1.29, 1.82) is 0 Å². The molecule has 1 saturated heterocycles. The van der Waals surface area contributed by atoms with Crippen LogP contribution in [0.4, 0.5) is 0 Å². The molecule has 0 bridgehead atoms. The van der Waals surface area contributed by atoms with E-state index in [1.54, 1.807) is 6.20 Å². The van der Waals surface area contributed by atoms with E-state index in [0.717, 1.165) is 5.69 Å². The van der Waals surface area contributed by atoms with Gasteiger partial charge in [-0.3, -0.25) is 4.98 Å². The number of hydrazine groups is 1. The second kappa shape index (κ2) is 3.18. The number of hydrogen-bond acceptors (Lipinski definition) is 4. The van der Waals surface area contributed by atoms with Crippen LogP contribution in [0.2, 0.25) is 0 Å². The van der Waals surface area contributed by atoms with Crippen molar-refractivity contribution in [1.82, 2.24) is 15.8 Å². The smallest absolute Gasteiger partial charge is 0.119 e. The van der Waals surface area contributed by atoms with Crippen molar-refractivity contribution in [3.63, 3.8) is 0 Å². The van der Waals surface area contributed by atoms with Crippen molar-refractivity contribution in [3.8, 4) is 0 Å². The lowest BCUT2D eigenvalue weighted by Crippen LogP contribution is -2.30. The van der Waals surface area contributed by atoms with Gasteiger partial charge >= 0.3 is 0 Å². The fraction of sp³-hybridized carbons (Fsp3) is 0.375. The Morgan fingerprint density at radius 3 is 2.92 bits per heavy atom. The summed E-state index contributed by atoms with van der Waals surface area (Å²) in [6.45, 7) is 0. The summed E-state index contributed by atoms with van der Waals surface area (Å²) in [5.41, 5.74) is 6.65. The molecule has 12 heavy (non-hydrogen) atoms. The standard InChI is InChI=1S/C8H11N3O/c12-8-5-7(10-11-8)6-3-1-2-4-9-6/h1-4,7-8,10-12H,5H2. The van der Waals surface area contributed by atoms with Crippen molar-refractivity contribution in [2.75, 3.05) is 0 Å². The van der Waals surface area contributed by atoms with Crippen LogP contribution in [-0.4, -0.2) is 16.3 Å². The molecule has 2 rings (SSSR count). The van der Waals surface area contributed by atoms with Gasteiger partial charge in [-0.1, -0.05) is 6.07 Å². The summed E-state index contributed by atoms with van der Waals surface area (Å²) in [6.07, 6.45) is 1.95. The highest BCUT2D eigenvalue weighted by Crippen LogP contribution is 2.18. The van der Waals surface area contributed by atoms with Gasteiger partial charge in [-0.05, 0) is 12.1 Å². The van der Waals surface area contributed by atoms with E-state index in [-0.39, 0.29) is 6.04 Å². The summed E-state index contributed by atoms with van der Waals surface area (Å²) in [4.78, 5) is 4.18. The second-order valence-electron chi connectivity index (χ2n) is 2.85. The molecule has 3 N–H and O–H groups in total. The monoisotopic (exact) mass is 165 g/mol. The average Bonchev–Trinajstić information content (AvgIpc) is 2.54. The van der Waals surface area contributed by atoms with Gasteiger partial charge in [0.05, 0.1) is 11.7 Å². The van der Waals surface area contributed by atoms with Crippen LogP contribution in [-0.2, 0) is 0 Å². The summed E-state index contributed by atoms with van der Waals surface area (Å²) >= 11 is 0. The van der Waals surface area contributed by atoms with Crippen LogP contribution in [0.25, 0.3) is 0 Å². The Bertz CT molecular complexity index is 252. The first kappa shape index (κ1) is 7.67. The molecular weight excluding hydrogens is 154 g/mol. The average molecular weight is 165 g/mol. The molecule has 4 nitrogen and oxygen atoms in total. The zero-order valence-electron chi connectivity index (χ0n) is 6.57. The molecule has 0 spiro atoms. The topological polar surface area (TPSA) is 57.2 Å².